The largest absolute Gasteiger partial charge is 0.573 e. The fraction of sp³-hybridized carbons (Fsp3) is 0.355. The summed E-state index contributed by atoms with van der Waals surface area (Å²) in [6.07, 6.45) is -7.01. The van der Waals surface area contributed by atoms with E-state index in [1.165, 1.54) is 32.2 Å². The van der Waals surface area contributed by atoms with Crippen LogP contribution in [0.4, 0.5) is 26.3 Å². The van der Waals surface area contributed by atoms with Crippen molar-refractivity contribution in [3.05, 3.63) is 65.5 Å². The molecule has 2 aromatic carbocycles. The molecule has 17 heteroatoms. The molecule has 3 heterocycles. The summed E-state index contributed by atoms with van der Waals surface area (Å²) >= 11 is 0. The Morgan fingerprint density at radius 1 is 1.15 bits per heavy atom. The first-order chi connectivity index (χ1) is 22.4. The summed E-state index contributed by atoms with van der Waals surface area (Å²) in [5, 5.41) is 18.4. The van der Waals surface area contributed by atoms with E-state index < -0.39 is 65.7 Å². The van der Waals surface area contributed by atoms with E-state index in [9.17, 15) is 41.0 Å². The fourth-order valence-electron chi connectivity index (χ4n) is 5.42. The molecular weight excluding hydrogens is 652 g/mol. The number of hydrogen-bond acceptors (Lipinski definition) is 8. The van der Waals surface area contributed by atoms with Gasteiger partial charge in [0.15, 0.2) is 0 Å². The van der Waals surface area contributed by atoms with E-state index in [1.807, 2.05) is 0 Å². The number of nitrogens with two attached hydrogens (primary N) is 1. The number of primary amides is 1. The van der Waals surface area contributed by atoms with Crippen molar-refractivity contribution in [2.24, 2.45) is 5.73 Å². The van der Waals surface area contributed by atoms with Crippen LogP contribution >= 0.6 is 0 Å². The third kappa shape index (κ3) is 5.82. The van der Waals surface area contributed by atoms with Gasteiger partial charge in [-0.25, -0.2) is 4.98 Å². The number of rotatable bonds is 9. The second-order valence-electron chi connectivity index (χ2n) is 11.8. The van der Waals surface area contributed by atoms with Gasteiger partial charge in [0.2, 0.25) is 11.5 Å². The molecule has 0 spiro atoms. The number of methoxy groups -OCH3 is 1. The summed E-state index contributed by atoms with van der Waals surface area (Å²) in [5.41, 5.74) is -1.55. The summed E-state index contributed by atoms with van der Waals surface area (Å²) in [6, 6.07) is 7.87. The van der Waals surface area contributed by atoms with Crippen molar-refractivity contribution in [3.8, 4) is 28.5 Å². The van der Waals surface area contributed by atoms with E-state index in [0.717, 1.165) is 37.1 Å². The predicted octanol–water partition coefficient (Wildman–Crippen LogP) is 4.66. The van der Waals surface area contributed by atoms with Gasteiger partial charge in [0.25, 0.3) is 5.91 Å². The molecule has 2 atom stereocenters. The van der Waals surface area contributed by atoms with Gasteiger partial charge in [-0.15, -0.1) is 13.2 Å². The number of hydrogen-bond donors (Lipinski definition) is 3. The number of nitrogens with one attached hydrogen (secondary N) is 1. The molecule has 1 unspecified atom stereocenters. The molecule has 2 aliphatic rings. The minimum absolute atomic E-state index is 0.0852. The highest BCUT2D eigenvalue weighted by molar-refractivity contribution is 6.00. The number of carbonyl (C=O) groups is 2. The van der Waals surface area contributed by atoms with Crippen molar-refractivity contribution < 1.29 is 55.2 Å². The zero-order valence-corrected chi connectivity index (χ0v) is 25.2. The molecule has 2 aromatic heterocycles. The average molecular weight is 680 g/mol. The van der Waals surface area contributed by atoms with Crippen LogP contribution in [0.25, 0.3) is 22.2 Å². The van der Waals surface area contributed by atoms with Gasteiger partial charge in [0.05, 0.1) is 25.4 Å². The Morgan fingerprint density at radius 2 is 1.88 bits per heavy atom. The zero-order chi connectivity index (χ0) is 34.8. The number of fused-ring (bicyclic) bond motifs is 2. The van der Waals surface area contributed by atoms with Crippen LogP contribution < -0.4 is 25.3 Å². The van der Waals surface area contributed by atoms with Crippen molar-refractivity contribution in [2.45, 2.75) is 49.4 Å². The summed E-state index contributed by atoms with van der Waals surface area (Å²) in [6.45, 7) is -0.591. The maximum absolute atomic E-state index is 14.8. The Morgan fingerprint density at radius 3 is 2.50 bits per heavy atom. The molecule has 0 saturated heterocycles. The summed E-state index contributed by atoms with van der Waals surface area (Å²) < 4.78 is 99.9. The molecule has 0 radical (unpaired) electrons. The topological polar surface area (TPSA) is 151 Å². The smallest absolute Gasteiger partial charge is 0.494 e. The van der Waals surface area contributed by atoms with Crippen LogP contribution in [0, 0.1) is 0 Å². The molecule has 2 amide bonds. The standard InChI is InChI=1S/C31H27F6N5O6/c1-28(27(38)44)14-47-25-20(28)11-22(40-24(25)15-4-3-5-19(9-15)48-31(35,36)37)29(45,30(32,33)34)13-39-26(43)16-8-17-12-42(18-6-7-18)41-23(17)21(10-16)46-2/h3-5,8-12,18,45H,6-7,13-14H2,1-2H3,(H2,38,44)(H,39,43)/t28-,29?/m0/s1. The van der Waals surface area contributed by atoms with Crippen molar-refractivity contribution in [3.63, 3.8) is 0 Å². The minimum Gasteiger partial charge on any atom is -0.494 e. The Hall–Kier alpha value is -5.06. The number of benzene rings is 2. The Bertz CT molecular complexity index is 1940. The van der Waals surface area contributed by atoms with Crippen LogP contribution in [0.5, 0.6) is 17.2 Å². The molecule has 48 heavy (non-hydrogen) atoms. The Labute approximate surface area is 267 Å². The quantitative estimate of drug-likeness (QED) is 0.216. The number of ether oxygens (including phenoxy) is 3. The van der Waals surface area contributed by atoms with Gasteiger partial charge < -0.3 is 30.4 Å². The monoisotopic (exact) mass is 679 g/mol. The normalized spacial score (nSPS) is 18.9. The Balaban J connectivity index is 1.41. The van der Waals surface area contributed by atoms with Crippen molar-refractivity contribution in [2.75, 3.05) is 20.3 Å². The van der Waals surface area contributed by atoms with Crippen LogP contribution in [0.15, 0.2) is 48.7 Å². The van der Waals surface area contributed by atoms with Crippen LogP contribution in [0.2, 0.25) is 0 Å². The molecule has 254 valence electrons. The van der Waals surface area contributed by atoms with E-state index in [4.69, 9.17) is 15.2 Å². The summed E-state index contributed by atoms with van der Waals surface area (Å²) in [5.74, 6) is -2.73. The van der Waals surface area contributed by atoms with Gasteiger partial charge in [-0.3, -0.25) is 14.3 Å². The van der Waals surface area contributed by atoms with Crippen LogP contribution in [-0.4, -0.2) is 64.5 Å². The molecule has 1 saturated carbocycles. The fourth-order valence-corrected chi connectivity index (χ4v) is 5.42. The van der Waals surface area contributed by atoms with Gasteiger partial charge in [-0.2, -0.15) is 18.3 Å². The lowest BCUT2D eigenvalue weighted by molar-refractivity contribution is -0.274. The Kier molecular flexibility index (Phi) is 7.72. The maximum atomic E-state index is 14.8. The number of amides is 2. The average Bonchev–Trinajstić information content (AvgIpc) is 3.68. The number of pyridine rings is 1. The molecule has 0 bridgehead atoms. The molecule has 1 aliphatic carbocycles. The molecule has 4 aromatic rings. The molecule has 11 nitrogen and oxygen atoms in total. The highest BCUT2D eigenvalue weighted by Gasteiger charge is 2.57. The third-order valence-electron chi connectivity index (χ3n) is 8.35. The van der Waals surface area contributed by atoms with E-state index in [2.05, 4.69) is 20.1 Å². The number of alkyl halides is 6. The molecule has 4 N–H and O–H groups in total. The number of halogens is 6. The van der Waals surface area contributed by atoms with E-state index in [1.54, 1.807) is 10.9 Å². The molecule has 1 aliphatic heterocycles. The maximum Gasteiger partial charge on any atom is 0.573 e. The second-order valence-corrected chi connectivity index (χ2v) is 11.8. The number of nitrogens with zero attached hydrogens (tertiary/aromatic N) is 3. The zero-order valence-electron chi connectivity index (χ0n) is 25.2. The van der Waals surface area contributed by atoms with E-state index in [-0.39, 0.29) is 34.2 Å². The van der Waals surface area contributed by atoms with Crippen molar-refractivity contribution in [1.29, 1.82) is 0 Å². The van der Waals surface area contributed by atoms with E-state index in [0.29, 0.717) is 10.9 Å². The summed E-state index contributed by atoms with van der Waals surface area (Å²) in [7, 11) is 1.35. The van der Waals surface area contributed by atoms with Gasteiger partial charge in [0.1, 0.15) is 40.5 Å². The predicted molar refractivity (Wildman–Crippen MR) is 155 cm³/mol. The van der Waals surface area contributed by atoms with Gasteiger partial charge in [0, 0.05) is 28.3 Å². The lowest BCUT2D eigenvalue weighted by Crippen LogP contribution is -2.51. The number of aliphatic hydroxyl groups is 1. The second kappa shape index (κ2) is 11.3. The number of carbonyl (C=O) groups excluding carboxylic acids is 2. The van der Waals surface area contributed by atoms with Crippen LogP contribution in [-0.2, 0) is 15.8 Å². The summed E-state index contributed by atoms with van der Waals surface area (Å²) in [4.78, 5) is 29.7. The highest BCUT2D eigenvalue weighted by Crippen LogP contribution is 2.48. The van der Waals surface area contributed by atoms with Crippen LogP contribution in [0.3, 0.4) is 0 Å². The first-order valence-corrected chi connectivity index (χ1v) is 14.4. The van der Waals surface area contributed by atoms with Crippen molar-refractivity contribution in [1.82, 2.24) is 20.1 Å². The first kappa shape index (κ1) is 32.9. The molecule has 6 rings (SSSR count). The third-order valence-corrected chi connectivity index (χ3v) is 8.35. The van der Waals surface area contributed by atoms with Gasteiger partial charge >= 0.3 is 12.5 Å². The van der Waals surface area contributed by atoms with Crippen LogP contribution in [0.1, 0.15) is 47.4 Å². The molecule has 1 fully saturated rings. The van der Waals surface area contributed by atoms with E-state index >= 15 is 0 Å². The lowest BCUT2D eigenvalue weighted by atomic mass is 9.81. The number of aromatic nitrogens is 3. The minimum atomic E-state index is -5.48. The van der Waals surface area contributed by atoms with Gasteiger partial charge in [-0.1, -0.05) is 12.1 Å². The highest BCUT2D eigenvalue weighted by atomic mass is 19.4. The van der Waals surface area contributed by atoms with Gasteiger partial charge in [-0.05, 0) is 50.1 Å². The first-order valence-electron chi connectivity index (χ1n) is 14.4. The van der Waals surface area contributed by atoms with Crippen molar-refractivity contribution >= 4 is 22.7 Å². The molecular formula is C31H27F6N5O6. The SMILES string of the molecule is COc1cc(C(=O)NCC(O)(c2cc3c(c(-c4cccc(OC(F)(F)F)c4)n2)OC[C@]3(C)C(N)=O)C(F)(F)F)cc2cn(C3CC3)nc12. The lowest BCUT2D eigenvalue weighted by Gasteiger charge is -2.31.